The van der Waals surface area contributed by atoms with Crippen molar-refractivity contribution in [2.75, 3.05) is 0 Å². The average molecular weight is 157 g/mol. The molecule has 1 aliphatic rings. The normalized spacial score (nSPS) is 34.5. The molecule has 62 valence electrons. The third-order valence-corrected chi connectivity index (χ3v) is 2.09. The van der Waals surface area contributed by atoms with Gasteiger partial charge in [0.05, 0.1) is 0 Å². The molecule has 4 heteroatoms. The molecule has 1 unspecified atom stereocenters. The number of carbonyl (C=O) groups is 2. The fraction of sp³-hybridized carbons (Fsp3) is 0.714. The van der Waals surface area contributed by atoms with Gasteiger partial charge in [-0.15, -0.1) is 0 Å². The molecule has 1 amide bonds. The molecule has 1 saturated carbocycles. The van der Waals surface area contributed by atoms with Crippen LogP contribution in [0.5, 0.6) is 0 Å². The first-order valence-corrected chi connectivity index (χ1v) is 3.51. The fourth-order valence-corrected chi connectivity index (χ4v) is 1.26. The van der Waals surface area contributed by atoms with Crippen molar-refractivity contribution in [1.82, 2.24) is 5.32 Å². The number of hydrogen-bond acceptors (Lipinski definition) is 2. The maximum absolute atomic E-state index is 10.6. The predicted molar refractivity (Wildman–Crippen MR) is 38.0 cm³/mol. The highest BCUT2D eigenvalue weighted by molar-refractivity contribution is 5.89. The van der Waals surface area contributed by atoms with Crippen LogP contribution < -0.4 is 5.32 Å². The van der Waals surface area contributed by atoms with Gasteiger partial charge in [0.1, 0.15) is 5.54 Å². The van der Waals surface area contributed by atoms with Crippen LogP contribution in [0.15, 0.2) is 0 Å². The molecule has 0 aliphatic heterocycles. The highest BCUT2D eigenvalue weighted by atomic mass is 16.4. The summed E-state index contributed by atoms with van der Waals surface area (Å²) in [6, 6.07) is 0. The average Bonchev–Trinajstić information content (AvgIpc) is 2.41. The summed E-state index contributed by atoms with van der Waals surface area (Å²) in [5.41, 5.74) is -0.953. The van der Waals surface area contributed by atoms with Crippen molar-refractivity contribution in [1.29, 1.82) is 0 Å². The minimum absolute atomic E-state index is 0.0592. The molecule has 1 rings (SSSR count). The first kappa shape index (κ1) is 8.04. The molecule has 0 saturated heterocycles. The quantitative estimate of drug-likeness (QED) is 0.592. The molecule has 0 heterocycles. The van der Waals surface area contributed by atoms with Crippen LogP contribution in [0.2, 0.25) is 0 Å². The van der Waals surface area contributed by atoms with Crippen LogP contribution in [0.25, 0.3) is 0 Å². The maximum atomic E-state index is 10.6. The van der Waals surface area contributed by atoms with E-state index >= 15 is 0 Å². The van der Waals surface area contributed by atoms with Crippen LogP contribution in [0, 0.1) is 5.92 Å². The Morgan fingerprint density at radius 2 is 2.09 bits per heavy atom. The van der Waals surface area contributed by atoms with Crippen molar-refractivity contribution in [2.24, 2.45) is 5.92 Å². The number of amides is 1. The summed E-state index contributed by atoms with van der Waals surface area (Å²) in [7, 11) is 0. The highest BCUT2D eigenvalue weighted by Gasteiger charge is 2.58. The summed E-state index contributed by atoms with van der Waals surface area (Å²) in [5.74, 6) is -1.15. The van der Waals surface area contributed by atoms with E-state index in [-0.39, 0.29) is 11.8 Å². The third-order valence-electron chi connectivity index (χ3n) is 2.09. The fourth-order valence-electron chi connectivity index (χ4n) is 1.26. The van der Waals surface area contributed by atoms with E-state index in [1.54, 1.807) is 0 Å². The van der Waals surface area contributed by atoms with Gasteiger partial charge in [0.2, 0.25) is 5.91 Å². The largest absolute Gasteiger partial charge is 0.479 e. The lowest BCUT2D eigenvalue weighted by Crippen LogP contribution is -2.43. The lowest BCUT2D eigenvalue weighted by atomic mass is 10.2. The molecule has 4 nitrogen and oxygen atoms in total. The summed E-state index contributed by atoms with van der Waals surface area (Å²) in [5, 5.41) is 11.1. The van der Waals surface area contributed by atoms with E-state index in [0.29, 0.717) is 6.42 Å². The van der Waals surface area contributed by atoms with Crippen molar-refractivity contribution < 1.29 is 14.7 Å². The standard InChI is InChI=1S/C7H11NO3/c1-4-3-7(4,6(10)11)8-5(2)9/h4H,3H2,1-2H3,(H,8,9)(H,10,11)/t4?,7-/m1/s1. The molecule has 2 N–H and O–H groups in total. The zero-order chi connectivity index (χ0) is 8.65. The van der Waals surface area contributed by atoms with E-state index < -0.39 is 11.5 Å². The number of carboxylic acids is 1. The van der Waals surface area contributed by atoms with E-state index in [4.69, 9.17) is 5.11 Å². The Labute approximate surface area is 64.6 Å². The van der Waals surface area contributed by atoms with Crippen LogP contribution in [-0.2, 0) is 9.59 Å². The summed E-state index contributed by atoms with van der Waals surface area (Å²) in [6.45, 7) is 3.14. The summed E-state index contributed by atoms with van der Waals surface area (Å²) >= 11 is 0. The third kappa shape index (κ3) is 1.20. The zero-order valence-electron chi connectivity index (χ0n) is 6.55. The number of carboxylic acid groups (broad SMARTS) is 1. The van der Waals surface area contributed by atoms with Gasteiger partial charge in [0.15, 0.2) is 0 Å². The summed E-state index contributed by atoms with van der Waals surface area (Å²) < 4.78 is 0. The van der Waals surface area contributed by atoms with E-state index in [0.717, 1.165) is 0 Å². The molecule has 0 spiro atoms. The molecule has 1 fully saturated rings. The molecule has 2 atom stereocenters. The van der Waals surface area contributed by atoms with Crippen LogP contribution in [0.1, 0.15) is 20.3 Å². The van der Waals surface area contributed by atoms with Crippen molar-refractivity contribution in [3.05, 3.63) is 0 Å². The summed E-state index contributed by atoms with van der Waals surface area (Å²) in [4.78, 5) is 21.2. The highest BCUT2D eigenvalue weighted by Crippen LogP contribution is 2.42. The minimum atomic E-state index is -0.953. The predicted octanol–water partition coefficient (Wildman–Crippen LogP) is -0.0143. The number of hydrogen-bond donors (Lipinski definition) is 2. The minimum Gasteiger partial charge on any atom is -0.479 e. The topological polar surface area (TPSA) is 66.4 Å². The van der Waals surface area contributed by atoms with Gasteiger partial charge in [0.25, 0.3) is 0 Å². The van der Waals surface area contributed by atoms with Gasteiger partial charge in [-0.05, 0) is 12.3 Å². The van der Waals surface area contributed by atoms with Gasteiger partial charge in [-0.3, -0.25) is 4.79 Å². The Bertz CT molecular complexity index is 214. The Kier molecular flexibility index (Phi) is 1.62. The van der Waals surface area contributed by atoms with Crippen molar-refractivity contribution in [3.63, 3.8) is 0 Å². The molecule has 11 heavy (non-hydrogen) atoms. The van der Waals surface area contributed by atoms with Gasteiger partial charge in [-0.2, -0.15) is 0 Å². The second-order valence-electron chi connectivity index (χ2n) is 3.06. The van der Waals surface area contributed by atoms with Crippen molar-refractivity contribution >= 4 is 11.9 Å². The van der Waals surface area contributed by atoms with Crippen molar-refractivity contribution in [2.45, 2.75) is 25.8 Å². The summed E-state index contributed by atoms with van der Waals surface area (Å²) in [6.07, 6.45) is 0.544. The Morgan fingerprint density at radius 3 is 2.18 bits per heavy atom. The van der Waals surface area contributed by atoms with Crippen LogP contribution in [0.4, 0.5) is 0 Å². The lowest BCUT2D eigenvalue weighted by molar-refractivity contribution is -0.143. The molecule has 0 bridgehead atoms. The second kappa shape index (κ2) is 2.22. The van der Waals surface area contributed by atoms with Gasteiger partial charge in [-0.25, -0.2) is 4.79 Å². The number of aliphatic carboxylic acids is 1. The molecule has 1 aliphatic carbocycles. The van der Waals surface area contributed by atoms with Gasteiger partial charge in [-0.1, -0.05) is 6.92 Å². The zero-order valence-corrected chi connectivity index (χ0v) is 6.55. The first-order chi connectivity index (χ1) is 4.99. The molecule has 0 radical (unpaired) electrons. The van der Waals surface area contributed by atoms with Gasteiger partial charge < -0.3 is 10.4 Å². The second-order valence-corrected chi connectivity index (χ2v) is 3.06. The van der Waals surface area contributed by atoms with Crippen molar-refractivity contribution in [3.8, 4) is 0 Å². The molecular weight excluding hydrogens is 146 g/mol. The Morgan fingerprint density at radius 1 is 1.64 bits per heavy atom. The Balaban J connectivity index is 2.65. The van der Waals surface area contributed by atoms with Crippen LogP contribution in [-0.4, -0.2) is 22.5 Å². The molecule has 0 aromatic rings. The van der Waals surface area contributed by atoms with E-state index in [1.165, 1.54) is 6.92 Å². The molecule has 0 aromatic carbocycles. The monoisotopic (exact) mass is 157 g/mol. The van der Waals surface area contributed by atoms with Gasteiger partial charge >= 0.3 is 5.97 Å². The van der Waals surface area contributed by atoms with Gasteiger partial charge in [0, 0.05) is 6.92 Å². The smallest absolute Gasteiger partial charge is 0.329 e. The Hall–Kier alpha value is -1.06. The van der Waals surface area contributed by atoms with Crippen LogP contribution >= 0.6 is 0 Å². The van der Waals surface area contributed by atoms with E-state index in [1.807, 2.05) is 6.92 Å². The first-order valence-electron chi connectivity index (χ1n) is 3.51. The van der Waals surface area contributed by atoms with E-state index in [2.05, 4.69) is 5.32 Å². The van der Waals surface area contributed by atoms with Crippen LogP contribution in [0.3, 0.4) is 0 Å². The molecular formula is C7H11NO3. The lowest BCUT2D eigenvalue weighted by Gasteiger charge is -2.10. The number of rotatable bonds is 2. The number of nitrogens with one attached hydrogen (secondary N) is 1. The van der Waals surface area contributed by atoms with E-state index in [9.17, 15) is 9.59 Å². The SMILES string of the molecule is CC(=O)N[C@]1(C(=O)O)CC1C. The number of carbonyl (C=O) groups excluding carboxylic acids is 1. The maximum Gasteiger partial charge on any atom is 0.329 e. The molecule has 0 aromatic heterocycles.